The van der Waals surface area contributed by atoms with E-state index >= 15 is 0 Å². The van der Waals surface area contributed by atoms with Crippen LogP contribution >= 0.6 is 11.3 Å². The van der Waals surface area contributed by atoms with Gasteiger partial charge >= 0.3 is 5.97 Å². The number of esters is 1. The van der Waals surface area contributed by atoms with Gasteiger partial charge in [-0.15, -0.1) is 0 Å². The zero-order chi connectivity index (χ0) is 20.0. The number of ketones is 1. The van der Waals surface area contributed by atoms with Crippen LogP contribution in [0.2, 0.25) is 0 Å². The Hall–Kier alpha value is -3.38. The quantitative estimate of drug-likeness (QED) is 0.356. The maximum absolute atomic E-state index is 13.0. The number of allylic oxidation sites excluding steroid dienone is 1. The normalized spacial score (nSPS) is 18.8. The standard InChI is InChI=1S/C23H16O5S/c1-26-17-5-3-2-4-13(17)10-19-22(25)15-6-7-18-21(23(15)28-19)16(11-20(24)27-18)14-8-9-29-12-14/h2-10,12,16H,11H2,1H3/b19-10-/t16-/m1/s1. The zero-order valence-corrected chi connectivity index (χ0v) is 16.3. The van der Waals surface area contributed by atoms with Crippen molar-refractivity contribution in [3.8, 4) is 17.2 Å². The van der Waals surface area contributed by atoms with E-state index in [9.17, 15) is 9.59 Å². The third-order valence-corrected chi connectivity index (χ3v) is 5.85. The van der Waals surface area contributed by atoms with Crippen LogP contribution < -0.4 is 14.2 Å². The van der Waals surface area contributed by atoms with E-state index in [1.165, 1.54) is 0 Å². The molecule has 0 fully saturated rings. The van der Waals surface area contributed by atoms with Crippen LogP contribution in [0, 0.1) is 0 Å². The van der Waals surface area contributed by atoms with Gasteiger partial charge in [-0.3, -0.25) is 9.59 Å². The number of fused-ring (bicyclic) bond motifs is 3. The minimum Gasteiger partial charge on any atom is -0.496 e. The van der Waals surface area contributed by atoms with Crippen molar-refractivity contribution in [1.29, 1.82) is 0 Å². The molecule has 1 aromatic heterocycles. The average Bonchev–Trinajstić information content (AvgIpc) is 3.37. The van der Waals surface area contributed by atoms with Gasteiger partial charge in [-0.2, -0.15) is 11.3 Å². The summed E-state index contributed by atoms with van der Waals surface area (Å²) in [6.07, 6.45) is 1.89. The Balaban J connectivity index is 1.62. The van der Waals surface area contributed by atoms with E-state index in [1.807, 2.05) is 41.1 Å². The maximum atomic E-state index is 13.0. The molecular weight excluding hydrogens is 388 g/mol. The van der Waals surface area contributed by atoms with Crippen molar-refractivity contribution in [2.45, 2.75) is 12.3 Å². The molecule has 0 amide bonds. The van der Waals surface area contributed by atoms with E-state index in [1.54, 1.807) is 36.7 Å². The van der Waals surface area contributed by atoms with Crippen LogP contribution in [-0.2, 0) is 4.79 Å². The molecule has 2 aromatic carbocycles. The Morgan fingerprint density at radius 3 is 2.76 bits per heavy atom. The topological polar surface area (TPSA) is 61.8 Å². The number of carbonyl (C=O) groups is 2. The van der Waals surface area contributed by atoms with Crippen molar-refractivity contribution in [1.82, 2.24) is 0 Å². The summed E-state index contributed by atoms with van der Waals surface area (Å²) in [4.78, 5) is 25.1. The molecule has 144 valence electrons. The summed E-state index contributed by atoms with van der Waals surface area (Å²) < 4.78 is 16.9. The van der Waals surface area contributed by atoms with Gasteiger partial charge in [0.05, 0.1) is 19.1 Å². The molecule has 2 aliphatic rings. The van der Waals surface area contributed by atoms with Gasteiger partial charge in [-0.1, -0.05) is 18.2 Å². The van der Waals surface area contributed by atoms with Crippen LogP contribution in [0.4, 0.5) is 0 Å². The van der Waals surface area contributed by atoms with E-state index < -0.39 is 0 Å². The minimum absolute atomic E-state index is 0.199. The number of para-hydroxylation sites is 1. The first-order chi connectivity index (χ1) is 14.2. The first-order valence-electron chi connectivity index (χ1n) is 9.12. The van der Waals surface area contributed by atoms with Crippen molar-refractivity contribution in [3.63, 3.8) is 0 Å². The monoisotopic (exact) mass is 404 g/mol. The van der Waals surface area contributed by atoms with Gasteiger partial charge < -0.3 is 14.2 Å². The Labute approximate surface area is 171 Å². The van der Waals surface area contributed by atoms with Crippen LogP contribution in [0.15, 0.2) is 59.0 Å². The molecule has 0 saturated heterocycles. The summed E-state index contributed by atoms with van der Waals surface area (Å²) >= 11 is 1.56. The molecule has 0 bridgehead atoms. The molecule has 5 nitrogen and oxygen atoms in total. The van der Waals surface area contributed by atoms with Gasteiger partial charge in [0, 0.05) is 17.0 Å². The smallest absolute Gasteiger partial charge is 0.312 e. The third kappa shape index (κ3) is 2.93. The Bertz CT molecular complexity index is 1160. The molecular formula is C23H16O5S. The van der Waals surface area contributed by atoms with Gasteiger partial charge in [0.15, 0.2) is 5.76 Å². The molecule has 2 aliphatic heterocycles. The van der Waals surface area contributed by atoms with Crippen LogP contribution in [0.3, 0.4) is 0 Å². The lowest BCUT2D eigenvalue weighted by Gasteiger charge is -2.25. The molecule has 0 saturated carbocycles. The van der Waals surface area contributed by atoms with Gasteiger partial charge in [0.1, 0.15) is 17.2 Å². The number of ether oxygens (including phenoxy) is 3. The second-order valence-corrected chi connectivity index (χ2v) is 7.60. The van der Waals surface area contributed by atoms with E-state index in [0.717, 1.165) is 16.7 Å². The number of rotatable bonds is 3. The molecule has 1 atom stereocenters. The molecule has 0 unspecified atom stereocenters. The van der Waals surface area contributed by atoms with E-state index in [2.05, 4.69) is 0 Å². The van der Waals surface area contributed by atoms with Crippen molar-refractivity contribution < 1.29 is 23.8 Å². The molecule has 29 heavy (non-hydrogen) atoms. The predicted octanol–water partition coefficient (Wildman–Crippen LogP) is 4.81. The van der Waals surface area contributed by atoms with E-state index in [-0.39, 0.29) is 29.9 Å². The fourth-order valence-corrected chi connectivity index (χ4v) is 4.51. The molecule has 6 heteroatoms. The molecule has 3 aromatic rings. The van der Waals surface area contributed by atoms with Gasteiger partial charge in [-0.25, -0.2) is 0 Å². The van der Waals surface area contributed by atoms with E-state index in [4.69, 9.17) is 14.2 Å². The third-order valence-electron chi connectivity index (χ3n) is 5.15. The first-order valence-corrected chi connectivity index (χ1v) is 10.1. The number of carbonyl (C=O) groups excluding carboxylic acids is 2. The molecule has 3 heterocycles. The highest BCUT2D eigenvalue weighted by molar-refractivity contribution is 7.08. The molecule has 0 N–H and O–H groups in total. The lowest BCUT2D eigenvalue weighted by Crippen LogP contribution is -2.21. The molecule has 5 rings (SSSR count). The van der Waals surface area contributed by atoms with Crippen molar-refractivity contribution in [3.05, 3.63) is 81.2 Å². The number of methoxy groups -OCH3 is 1. The molecule has 0 radical (unpaired) electrons. The molecule has 0 spiro atoms. The first kappa shape index (κ1) is 17.7. The Kier molecular flexibility index (Phi) is 4.21. The number of hydrogen-bond acceptors (Lipinski definition) is 6. The van der Waals surface area contributed by atoms with Crippen LogP contribution in [-0.4, -0.2) is 18.9 Å². The number of hydrogen-bond donors (Lipinski definition) is 0. The minimum atomic E-state index is -0.289. The van der Waals surface area contributed by atoms with Crippen molar-refractivity contribution in [2.75, 3.05) is 7.11 Å². The van der Waals surface area contributed by atoms with Gasteiger partial charge in [-0.05, 0) is 46.7 Å². The predicted molar refractivity (Wildman–Crippen MR) is 109 cm³/mol. The highest BCUT2D eigenvalue weighted by atomic mass is 32.1. The van der Waals surface area contributed by atoms with E-state index in [0.29, 0.717) is 22.8 Å². The average molecular weight is 404 g/mol. The lowest BCUT2D eigenvalue weighted by molar-refractivity contribution is -0.135. The number of benzene rings is 2. The summed E-state index contributed by atoms with van der Waals surface area (Å²) in [7, 11) is 1.58. The summed E-state index contributed by atoms with van der Waals surface area (Å²) in [5.74, 6) is 1.10. The fourth-order valence-electron chi connectivity index (χ4n) is 3.79. The second kappa shape index (κ2) is 6.90. The lowest BCUT2D eigenvalue weighted by atomic mass is 9.86. The second-order valence-electron chi connectivity index (χ2n) is 6.82. The van der Waals surface area contributed by atoms with Crippen molar-refractivity contribution >= 4 is 29.2 Å². The van der Waals surface area contributed by atoms with Gasteiger partial charge in [0.2, 0.25) is 5.78 Å². The number of Topliss-reactive ketones (excluding diaryl/α,β-unsaturated/α-hetero) is 1. The number of thiophene rings is 1. The maximum Gasteiger partial charge on any atom is 0.312 e. The fraction of sp³-hybridized carbons (Fsp3) is 0.130. The summed E-state index contributed by atoms with van der Waals surface area (Å²) in [6, 6.07) is 12.7. The molecule has 0 aliphatic carbocycles. The largest absolute Gasteiger partial charge is 0.496 e. The van der Waals surface area contributed by atoms with Crippen LogP contribution in [0.5, 0.6) is 17.2 Å². The Morgan fingerprint density at radius 1 is 1.10 bits per heavy atom. The SMILES string of the molecule is COc1ccccc1/C=C1\Oc2c(ccc3c2[C@@H](c2ccsc2)CC(=O)O3)C1=O. The summed E-state index contributed by atoms with van der Waals surface area (Å²) in [6.45, 7) is 0. The van der Waals surface area contributed by atoms with Crippen molar-refractivity contribution in [2.24, 2.45) is 0 Å². The summed E-state index contributed by atoms with van der Waals surface area (Å²) in [5.41, 5.74) is 2.99. The Morgan fingerprint density at radius 2 is 1.97 bits per heavy atom. The summed E-state index contributed by atoms with van der Waals surface area (Å²) in [5, 5.41) is 3.98. The van der Waals surface area contributed by atoms with Gasteiger partial charge in [0.25, 0.3) is 0 Å². The highest BCUT2D eigenvalue weighted by Crippen LogP contribution is 2.49. The van der Waals surface area contributed by atoms with Crippen LogP contribution in [0.1, 0.15) is 39.4 Å². The van der Waals surface area contributed by atoms with Crippen LogP contribution in [0.25, 0.3) is 6.08 Å². The zero-order valence-electron chi connectivity index (χ0n) is 15.5. The highest BCUT2D eigenvalue weighted by Gasteiger charge is 2.38.